The second-order valence-electron chi connectivity index (χ2n) is 5.91. The zero-order valence-corrected chi connectivity index (χ0v) is 15.4. The van der Waals surface area contributed by atoms with Gasteiger partial charge in [-0.05, 0) is 49.6 Å². The van der Waals surface area contributed by atoms with E-state index in [2.05, 4.69) is 15.6 Å². The van der Waals surface area contributed by atoms with Crippen LogP contribution in [-0.4, -0.2) is 23.3 Å². The maximum Gasteiger partial charge on any atom is 0.274 e. The zero-order chi connectivity index (χ0) is 18.4. The number of pyridine rings is 1. The molecule has 1 heterocycles. The van der Waals surface area contributed by atoms with Crippen LogP contribution in [0.2, 0.25) is 5.02 Å². The number of nitrogens with zero attached hydrogens (tertiary/aromatic N) is 1. The van der Waals surface area contributed by atoms with Gasteiger partial charge >= 0.3 is 0 Å². The van der Waals surface area contributed by atoms with E-state index < -0.39 is 5.91 Å². The van der Waals surface area contributed by atoms with Gasteiger partial charge in [0.05, 0.1) is 10.7 Å². The Morgan fingerprint density at radius 3 is 2.44 bits per heavy atom. The number of unbranched alkanes of at least 4 members (excludes halogenated alkanes) is 1. The summed E-state index contributed by atoms with van der Waals surface area (Å²) in [7, 11) is 0. The van der Waals surface area contributed by atoms with Crippen molar-refractivity contribution in [3.05, 3.63) is 57.9 Å². The summed E-state index contributed by atoms with van der Waals surface area (Å²) in [5.41, 5.74) is 2.82. The maximum atomic E-state index is 12.5. The van der Waals surface area contributed by atoms with E-state index in [0.29, 0.717) is 17.3 Å². The molecule has 1 aromatic heterocycles. The summed E-state index contributed by atoms with van der Waals surface area (Å²) < 4.78 is 0. The molecule has 0 radical (unpaired) electrons. The molecule has 0 unspecified atom stereocenters. The first-order chi connectivity index (χ1) is 11.9. The van der Waals surface area contributed by atoms with Gasteiger partial charge in [0.2, 0.25) is 0 Å². The number of nitrogens with one attached hydrogen (secondary N) is 2. The highest BCUT2D eigenvalue weighted by Crippen LogP contribution is 2.27. The average molecular weight is 360 g/mol. The SMILES string of the molecule is CCCCNC(=O)c1cccc(C(=O)Nc2c(C)cc(C)cc2Cl)n1. The van der Waals surface area contributed by atoms with Crippen LogP contribution in [0, 0.1) is 13.8 Å². The van der Waals surface area contributed by atoms with Crippen LogP contribution < -0.4 is 10.6 Å². The third-order valence-corrected chi connectivity index (χ3v) is 4.00. The molecule has 0 aliphatic heterocycles. The number of carbonyl (C=O) groups is 2. The second-order valence-corrected chi connectivity index (χ2v) is 6.32. The minimum absolute atomic E-state index is 0.166. The first-order valence-electron chi connectivity index (χ1n) is 8.25. The molecule has 2 N–H and O–H groups in total. The van der Waals surface area contributed by atoms with E-state index in [0.717, 1.165) is 24.0 Å². The van der Waals surface area contributed by atoms with Crippen molar-refractivity contribution < 1.29 is 9.59 Å². The summed E-state index contributed by atoms with van der Waals surface area (Å²) in [5, 5.41) is 6.03. The van der Waals surface area contributed by atoms with Gasteiger partial charge in [0, 0.05) is 6.54 Å². The molecule has 0 saturated carbocycles. The molecule has 0 bridgehead atoms. The molecule has 132 valence electrons. The molecule has 0 atom stereocenters. The lowest BCUT2D eigenvalue weighted by Crippen LogP contribution is -2.26. The van der Waals surface area contributed by atoms with Crippen molar-refractivity contribution in [2.75, 3.05) is 11.9 Å². The highest BCUT2D eigenvalue weighted by Gasteiger charge is 2.15. The van der Waals surface area contributed by atoms with Crippen molar-refractivity contribution in [3.63, 3.8) is 0 Å². The summed E-state index contributed by atoms with van der Waals surface area (Å²) in [5.74, 6) is -0.690. The van der Waals surface area contributed by atoms with Crippen molar-refractivity contribution >= 4 is 29.1 Å². The Labute approximate surface area is 152 Å². The number of amides is 2. The van der Waals surface area contributed by atoms with Crippen LogP contribution in [0.1, 0.15) is 51.9 Å². The zero-order valence-electron chi connectivity index (χ0n) is 14.6. The van der Waals surface area contributed by atoms with Crippen LogP contribution in [0.4, 0.5) is 5.69 Å². The first kappa shape index (κ1) is 18.9. The van der Waals surface area contributed by atoms with Gasteiger partial charge in [-0.3, -0.25) is 9.59 Å². The first-order valence-corrected chi connectivity index (χ1v) is 8.63. The Balaban J connectivity index is 2.15. The number of benzene rings is 1. The molecule has 5 nitrogen and oxygen atoms in total. The van der Waals surface area contributed by atoms with Gasteiger partial charge in [-0.2, -0.15) is 0 Å². The van der Waals surface area contributed by atoms with Crippen molar-refractivity contribution in [3.8, 4) is 0 Å². The highest BCUT2D eigenvalue weighted by atomic mass is 35.5. The summed E-state index contributed by atoms with van der Waals surface area (Å²) >= 11 is 6.22. The number of carbonyl (C=O) groups excluding carboxylic acids is 2. The fraction of sp³-hybridized carbons (Fsp3) is 0.316. The van der Waals surface area contributed by atoms with Gasteiger partial charge in [-0.15, -0.1) is 0 Å². The van der Waals surface area contributed by atoms with E-state index in [9.17, 15) is 9.59 Å². The number of halogens is 1. The normalized spacial score (nSPS) is 10.4. The Kier molecular flexibility index (Phi) is 6.53. The highest BCUT2D eigenvalue weighted by molar-refractivity contribution is 6.34. The van der Waals surface area contributed by atoms with Crippen molar-refractivity contribution in [1.29, 1.82) is 0 Å². The summed E-state index contributed by atoms with van der Waals surface area (Å²) in [6.45, 7) is 6.45. The van der Waals surface area contributed by atoms with E-state index in [1.807, 2.05) is 26.8 Å². The average Bonchev–Trinajstić information content (AvgIpc) is 2.58. The number of rotatable bonds is 6. The van der Waals surface area contributed by atoms with E-state index in [-0.39, 0.29) is 17.3 Å². The Bertz CT molecular complexity index is 767. The minimum Gasteiger partial charge on any atom is -0.351 e. The van der Waals surface area contributed by atoms with Crippen molar-refractivity contribution in [2.24, 2.45) is 0 Å². The van der Waals surface area contributed by atoms with E-state index in [1.54, 1.807) is 24.3 Å². The fourth-order valence-corrected chi connectivity index (χ4v) is 2.78. The van der Waals surface area contributed by atoms with Gasteiger partial charge in [0.25, 0.3) is 11.8 Å². The molecule has 2 amide bonds. The molecule has 2 rings (SSSR count). The lowest BCUT2D eigenvalue weighted by molar-refractivity contribution is 0.0948. The molecule has 0 aliphatic rings. The van der Waals surface area contributed by atoms with Crippen LogP contribution in [0.15, 0.2) is 30.3 Å². The monoisotopic (exact) mass is 359 g/mol. The van der Waals surface area contributed by atoms with E-state index >= 15 is 0 Å². The molecular weight excluding hydrogens is 338 g/mol. The van der Waals surface area contributed by atoms with Gasteiger partial charge < -0.3 is 10.6 Å². The van der Waals surface area contributed by atoms with Gasteiger partial charge in [0.15, 0.2) is 0 Å². The number of hydrogen-bond acceptors (Lipinski definition) is 3. The number of anilines is 1. The lowest BCUT2D eigenvalue weighted by atomic mass is 10.1. The minimum atomic E-state index is -0.405. The Morgan fingerprint density at radius 1 is 1.12 bits per heavy atom. The quantitative estimate of drug-likeness (QED) is 0.761. The molecule has 25 heavy (non-hydrogen) atoms. The Morgan fingerprint density at radius 2 is 1.80 bits per heavy atom. The molecule has 0 spiro atoms. The van der Waals surface area contributed by atoms with Crippen molar-refractivity contribution in [2.45, 2.75) is 33.6 Å². The number of aryl methyl sites for hydroxylation is 2. The standard InChI is InChI=1S/C19H22ClN3O2/c1-4-5-9-21-18(24)15-7-6-8-16(22-15)19(25)23-17-13(3)10-12(2)11-14(17)20/h6-8,10-11H,4-5,9H2,1-3H3,(H,21,24)(H,23,25). The van der Waals surface area contributed by atoms with Crippen LogP contribution >= 0.6 is 11.6 Å². The molecule has 0 fully saturated rings. The molecular formula is C19H22ClN3O2. The topological polar surface area (TPSA) is 71.1 Å². The van der Waals surface area contributed by atoms with Crippen LogP contribution in [0.25, 0.3) is 0 Å². The number of hydrogen-bond donors (Lipinski definition) is 2. The predicted molar refractivity (Wildman–Crippen MR) is 100 cm³/mol. The Hall–Kier alpha value is -2.40. The summed E-state index contributed by atoms with van der Waals surface area (Å²) in [6, 6.07) is 8.51. The van der Waals surface area contributed by atoms with E-state index in [4.69, 9.17) is 11.6 Å². The number of aromatic nitrogens is 1. The second kappa shape index (κ2) is 8.62. The smallest absolute Gasteiger partial charge is 0.274 e. The predicted octanol–water partition coefficient (Wildman–Crippen LogP) is 4.13. The fourth-order valence-electron chi connectivity index (χ4n) is 2.41. The van der Waals surface area contributed by atoms with Gasteiger partial charge in [-0.1, -0.05) is 37.1 Å². The molecule has 0 saturated heterocycles. The molecule has 6 heteroatoms. The third-order valence-electron chi connectivity index (χ3n) is 3.70. The van der Waals surface area contributed by atoms with Crippen molar-refractivity contribution in [1.82, 2.24) is 10.3 Å². The van der Waals surface area contributed by atoms with Gasteiger partial charge in [0.1, 0.15) is 11.4 Å². The molecule has 0 aliphatic carbocycles. The van der Waals surface area contributed by atoms with Gasteiger partial charge in [-0.25, -0.2) is 4.98 Å². The molecule has 1 aromatic carbocycles. The van der Waals surface area contributed by atoms with Crippen LogP contribution in [0.5, 0.6) is 0 Å². The summed E-state index contributed by atoms with van der Waals surface area (Å²) in [6.07, 6.45) is 1.89. The van der Waals surface area contributed by atoms with Crippen LogP contribution in [-0.2, 0) is 0 Å². The molecule has 2 aromatic rings. The van der Waals surface area contributed by atoms with Crippen LogP contribution in [0.3, 0.4) is 0 Å². The maximum absolute atomic E-state index is 12.5. The lowest BCUT2D eigenvalue weighted by Gasteiger charge is -2.11. The summed E-state index contributed by atoms with van der Waals surface area (Å²) in [4.78, 5) is 28.7. The largest absolute Gasteiger partial charge is 0.351 e. The van der Waals surface area contributed by atoms with E-state index in [1.165, 1.54) is 0 Å². The third kappa shape index (κ3) is 5.03.